The lowest BCUT2D eigenvalue weighted by Gasteiger charge is -2.20. The number of aromatic nitrogens is 2. The first kappa shape index (κ1) is 22.0. The molecule has 1 amide bonds. The molecule has 0 aliphatic heterocycles. The molecule has 158 valence electrons. The molecule has 0 aliphatic rings. The summed E-state index contributed by atoms with van der Waals surface area (Å²) in [7, 11) is -1.84. The van der Waals surface area contributed by atoms with Gasteiger partial charge in [0.15, 0.2) is 0 Å². The van der Waals surface area contributed by atoms with Crippen LogP contribution in [0.25, 0.3) is 0 Å². The number of hydrogen-bond donors (Lipinski definition) is 2. The maximum atomic E-state index is 13.2. The quantitative estimate of drug-likeness (QED) is 0.582. The molecule has 1 aromatic heterocycles. The first-order valence-corrected chi connectivity index (χ1v) is 11.2. The monoisotopic (exact) mass is 446 g/mol. The zero-order valence-electron chi connectivity index (χ0n) is 16.9. The average molecular weight is 447 g/mol. The van der Waals surface area contributed by atoms with Gasteiger partial charge in [-0.15, -0.1) is 0 Å². The Hall–Kier alpha value is -2.68. The number of benzene rings is 2. The highest BCUT2D eigenvalue weighted by molar-refractivity contribution is 7.89. The minimum atomic E-state index is -3.68. The predicted molar refractivity (Wildman–Crippen MR) is 116 cm³/mol. The number of hydrogen-bond acceptors (Lipinski definition) is 4. The van der Waals surface area contributed by atoms with E-state index in [2.05, 4.69) is 15.0 Å². The van der Waals surface area contributed by atoms with E-state index in [1.807, 2.05) is 23.7 Å². The third-order valence-electron chi connectivity index (χ3n) is 4.69. The van der Waals surface area contributed by atoms with Gasteiger partial charge in [0, 0.05) is 36.6 Å². The molecular weight excluding hydrogens is 424 g/mol. The second kappa shape index (κ2) is 8.99. The Labute approximate surface area is 181 Å². The van der Waals surface area contributed by atoms with Crippen molar-refractivity contribution in [2.75, 3.05) is 6.54 Å². The molecular formula is C21H23ClN4O3S. The van der Waals surface area contributed by atoms with Crippen molar-refractivity contribution < 1.29 is 13.2 Å². The van der Waals surface area contributed by atoms with Crippen LogP contribution in [0, 0.1) is 6.92 Å². The lowest BCUT2D eigenvalue weighted by molar-refractivity contribution is 0.0940. The van der Waals surface area contributed by atoms with Crippen LogP contribution >= 0.6 is 11.6 Å². The minimum Gasteiger partial charge on any atom is -0.338 e. The molecule has 0 spiro atoms. The summed E-state index contributed by atoms with van der Waals surface area (Å²) in [6, 6.07) is 11.1. The van der Waals surface area contributed by atoms with E-state index in [-0.39, 0.29) is 17.0 Å². The summed E-state index contributed by atoms with van der Waals surface area (Å²) in [5, 5.41) is 3.57. The summed E-state index contributed by atoms with van der Waals surface area (Å²) >= 11 is 6.01. The van der Waals surface area contributed by atoms with E-state index >= 15 is 0 Å². The van der Waals surface area contributed by atoms with Crippen molar-refractivity contribution in [2.45, 2.75) is 24.8 Å². The summed E-state index contributed by atoms with van der Waals surface area (Å²) < 4.78 is 29.0. The topological polar surface area (TPSA) is 93.1 Å². The van der Waals surface area contributed by atoms with Gasteiger partial charge in [-0.05, 0) is 42.3 Å². The Morgan fingerprint density at radius 1 is 1.20 bits per heavy atom. The first-order chi connectivity index (χ1) is 14.2. The molecule has 7 nitrogen and oxygen atoms in total. The van der Waals surface area contributed by atoms with Crippen molar-refractivity contribution in [1.82, 2.24) is 19.6 Å². The number of nitrogens with one attached hydrogen (secondary N) is 2. The van der Waals surface area contributed by atoms with E-state index in [9.17, 15) is 13.2 Å². The molecule has 2 N–H and O–H groups in total. The molecule has 0 radical (unpaired) electrons. The van der Waals surface area contributed by atoms with Crippen LogP contribution in [-0.4, -0.2) is 30.4 Å². The smallest absolute Gasteiger partial charge is 0.252 e. The molecule has 0 unspecified atom stereocenters. The number of sulfonamides is 1. The normalized spacial score (nSPS) is 12.5. The van der Waals surface area contributed by atoms with E-state index in [4.69, 9.17) is 11.6 Å². The maximum Gasteiger partial charge on any atom is 0.252 e. The Morgan fingerprint density at radius 3 is 2.50 bits per heavy atom. The highest BCUT2D eigenvalue weighted by atomic mass is 35.5. The summed E-state index contributed by atoms with van der Waals surface area (Å²) in [6.07, 6.45) is 3.44. The zero-order chi connectivity index (χ0) is 21.9. The van der Waals surface area contributed by atoms with Crippen LogP contribution < -0.4 is 10.0 Å². The van der Waals surface area contributed by atoms with Crippen molar-refractivity contribution in [3.8, 4) is 0 Å². The highest BCUT2D eigenvalue weighted by Gasteiger charge is 2.23. The van der Waals surface area contributed by atoms with Crippen LogP contribution in [0.5, 0.6) is 0 Å². The third-order valence-corrected chi connectivity index (χ3v) is 6.49. The molecule has 3 aromatic rings. The standard InChI is InChI=1S/C21H23ClN4O3S/c1-4-24-30(28,29)17-10-5-14(2)18(13-17)21(27)25-19(20-23-11-12-26(20)3)15-6-8-16(22)9-7-15/h5-13,19,24H,4H2,1-3H3,(H,25,27)/t19-/m1/s1. The lowest BCUT2D eigenvalue weighted by atomic mass is 10.0. The number of rotatable bonds is 7. The minimum absolute atomic E-state index is 0.0418. The SMILES string of the molecule is CCNS(=O)(=O)c1ccc(C)c(C(=O)N[C@H](c2ccc(Cl)cc2)c2nccn2C)c1. The summed E-state index contributed by atoms with van der Waals surface area (Å²) in [5.41, 5.74) is 1.75. The largest absolute Gasteiger partial charge is 0.338 e. The average Bonchev–Trinajstić information content (AvgIpc) is 3.12. The van der Waals surface area contributed by atoms with Crippen molar-refractivity contribution in [3.05, 3.63) is 82.4 Å². The van der Waals surface area contributed by atoms with Gasteiger partial charge in [-0.3, -0.25) is 4.79 Å². The summed E-state index contributed by atoms with van der Waals surface area (Å²) in [6.45, 7) is 3.72. The fourth-order valence-corrected chi connectivity index (χ4v) is 4.30. The second-order valence-corrected chi connectivity index (χ2v) is 9.04. The Balaban J connectivity index is 1.99. The highest BCUT2D eigenvalue weighted by Crippen LogP contribution is 2.24. The number of aryl methyl sites for hydroxylation is 2. The molecule has 9 heteroatoms. The van der Waals surface area contributed by atoms with E-state index in [0.717, 1.165) is 5.56 Å². The van der Waals surface area contributed by atoms with Gasteiger partial charge in [0.05, 0.1) is 4.90 Å². The Morgan fingerprint density at radius 2 is 1.90 bits per heavy atom. The molecule has 0 aliphatic carbocycles. The molecule has 2 aromatic carbocycles. The van der Waals surface area contributed by atoms with Gasteiger partial charge in [-0.2, -0.15) is 0 Å². The Kier molecular flexibility index (Phi) is 6.60. The zero-order valence-corrected chi connectivity index (χ0v) is 18.5. The fourth-order valence-electron chi connectivity index (χ4n) is 3.10. The first-order valence-electron chi connectivity index (χ1n) is 9.36. The summed E-state index contributed by atoms with van der Waals surface area (Å²) in [4.78, 5) is 17.6. The van der Waals surface area contributed by atoms with Gasteiger partial charge in [-0.25, -0.2) is 18.1 Å². The molecule has 3 rings (SSSR count). The molecule has 0 bridgehead atoms. The summed E-state index contributed by atoms with van der Waals surface area (Å²) in [5.74, 6) is 0.240. The molecule has 1 heterocycles. The number of carbonyl (C=O) groups is 1. The molecule has 1 atom stereocenters. The number of halogens is 1. The van der Waals surface area contributed by atoms with Gasteiger partial charge in [0.1, 0.15) is 11.9 Å². The van der Waals surface area contributed by atoms with Crippen LogP contribution in [0.3, 0.4) is 0 Å². The number of carbonyl (C=O) groups excluding carboxylic acids is 1. The van der Waals surface area contributed by atoms with E-state index in [1.165, 1.54) is 12.1 Å². The van der Waals surface area contributed by atoms with Crippen molar-refractivity contribution in [2.24, 2.45) is 7.05 Å². The number of nitrogens with zero attached hydrogens (tertiary/aromatic N) is 2. The van der Waals surface area contributed by atoms with Crippen molar-refractivity contribution >= 4 is 27.5 Å². The second-order valence-electron chi connectivity index (χ2n) is 6.83. The van der Waals surface area contributed by atoms with Gasteiger partial charge in [0.25, 0.3) is 5.91 Å². The van der Waals surface area contributed by atoms with Crippen molar-refractivity contribution in [3.63, 3.8) is 0 Å². The third kappa shape index (κ3) is 4.72. The van der Waals surface area contributed by atoms with Crippen LogP contribution in [0.1, 0.15) is 40.3 Å². The maximum absolute atomic E-state index is 13.2. The molecule has 0 fully saturated rings. The van der Waals surface area contributed by atoms with Crippen LogP contribution in [0.2, 0.25) is 5.02 Å². The molecule has 30 heavy (non-hydrogen) atoms. The van der Waals surface area contributed by atoms with Gasteiger partial charge in [0.2, 0.25) is 10.0 Å². The van der Waals surface area contributed by atoms with Gasteiger partial charge in [-0.1, -0.05) is 36.7 Å². The number of imidazole rings is 1. The Bertz CT molecular complexity index is 1160. The lowest BCUT2D eigenvalue weighted by Crippen LogP contribution is -2.32. The van der Waals surface area contributed by atoms with E-state index < -0.39 is 22.0 Å². The fraction of sp³-hybridized carbons (Fsp3) is 0.238. The van der Waals surface area contributed by atoms with Crippen molar-refractivity contribution in [1.29, 1.82) is 0 Å². The van der Waals surface area contributed by atoms with Crippen LogP contribution in [0.15, 0.2) is 59.8 Å². The van der Waals surface area contributed by atoms with Crippen LogP contribution in [0.4, 0.5) is 0 Å². The van der Waals surface area contributed by atoms with Gasteiger partial charge >= 0.3 is 0 Å². The van der Waals surface area contributed by atoms with Crippen LogP contribution in [-0.2, 0) is 17.1 Å². The van der Waals surface area contributed by atoms with E-state index in [0.29, 0.717) is 16.4 Å². The molecule has 0 saturated heterocycles. The number of amides is 1. The van der Waals surface area contributed by atoms with E-state index in [1.54, 1.807) is 44.4 Å². The van der Waals surface area contributed by atoms with Gasteiger partial charge < -0.3 is 9.88 Å². The molecule has 0 saturated carbocycles. The predicted octanol–water partition coefficient (Wildman–Crippen LogP) is 3.20.